The van der Waals surface area contributed by atoms with Crippen molar-refractivity contribution in [3.63, 3.8) is 0 Å². The maximum Gasteiger partial charge on any atom is 0.328 e. The number of hydrogen-bond acceptors (Lipinski definition) is 6. The van der Waals surface area contributed by atoms with Gasteiger partial charge in [0.1, 0.15) is 18.1 Å². The zero-order valence-corrected chi connectivity index (χ0v) is 24.9. The van der Waals surface area contributed by atoms with Crippen LogP contribution in [0.4, 0.5) is 4.79 Å². The second kappa shape index (κ2) is 16.4. The number of urea groups is 1. The first-order valence-corrected chi connectivity index (χ1v) is 14.2. The summed E-state index contributed by atoms with van der Waals surface area (Å²) in [4.78, 5) is 63.8. The second-order valence-corrected chi connectivity index (χ2v) is 11.1. The van der Waals surface area contributed by atoms with Gasteiger partial charge < -0.3 is 31.3 Å². The van der Waals surface area contributed by atoms with Gasteiger partial charge in [-0.1, -0.05) is 63.6 Å². The van der Waals surface area contributed by atoms with Crippen LogP contribution in [0, 0.1) is 18.8 Å². The fourth-order valence-electron chi connectivity index (χ4n) is 4.39. The summed E-state index contributed by atoms with van der Waals surface area (Å²) >= 11 is 0. The van der Waals surface area contributed by atoms with Gasteiger partial charge in [-0.15, -0.1) is 0 Å². The quantitative estimate of drug-likeness (QED) is 0.285. The van der Waals surface area contributed by atoms with Crippen LogP contribution in [0.2, 0.25) is 0 Å². The molecule has 1 aromatic rings. The van der Waals surface area contributed by atoms with Crippen molar-refractivity contribution in [2.45, 2.75) is 84.5 Å². The molecule has 0 spiro atoms. The first kappa shape index (κ1) is 33.3. The van der Waals surface area contributed by atoms with Gasteiger partial charge in [0.25, 0.3) is 0 Å². The van der Waals surface area contributed by atoms with Gasteiger partial charge in [-0.25, -0.2) is 9.59 Å². The predicted molar refractivity (Wildman–Crippen MR) is 156 cm³/mol. The third kappa shape index (κ3) is 11.3. The van der Waals surface area contributed by atoms with Crippen LogP contribution >= 0.6 is 0 Å². The van der Waals surface area contributed by atoms with Gasteiger partial charge in [0.15, 0.2) is 0 Å². The molecule has 1 heterocycles. The van der Waals surface area contributed by atoms with Gasteiger partial charge in [-0.2, -0.15) is 0 Å². The van der Waals surface area contributed by atoms with E-state index < -0.39 is 42.1 Å². The average molecular weight is 572 g/mol. The lowest BCUT2D eigenvalue weighted by Crippen LogP contribution is -2.59. The molecular formula is C30H45N5O6. The Balaban J connectivity index is 2.18. The van der Waals surface area contributed by atoms with Gasteiger partial charge in [-0.05, 0) is 50.0 Å². The Morgan fingerprint density at radius 3 is 2.22 bits per heavy atom. The van der Waals surface area contributed by atoms with E-state index in [4.69, 9.17) is 4.74 Å². The highest BCUT2D eigenvalue weighted by molar-refractivity contribution is 5.93. The average Bonchev–Trinajstić information content (AvgIpc) is 2.92. The van der Waals surface area contributed by atoms with Gasteiger partial charge in [-0.3, -0.25) is 14.4 Å². The Labute approximate surface area is 242 Å². The summed E-state index contributed by atoms with van der Waals surface area (Å²) in [6, 6.07) is 4.04. The van der Waals surface area contributed by atoms with E-state index in [9.17, 15) is 24.0 Å². The van der Waals surface area contributed by atoms with Crippen molar-refractivity contribution in [2.24, 2.45) is 11.8 Å². The number of amides is 5. The Morgan fingerprint density at radius 2 is 1.61 bits per heavy atom. The number of ether oxygens (including phenoxy) is 1. The number of carbonyl (C=O) groups excluding carboxylic acids is 5. The van der Waals surface area contributed by atoms with E-state index in [1.807, 2.05) is 31.2 Å². The lowest BCUT2D eigenvalue weighted by atomic mass is 10.0. The van der Waals surface area contributed by atoms with Crippen LogP contribution in [0.3, 0.4) is 0 Å². The minimum atomic E-state index is -0.961. The van der Waals surface area contributed by atoms with E-state index in [1.54, 1.807) is 33.8 Å². The summed E-state index contributed by atoms with van der Waals surface area (Å²) in [5, 5.41) is 13.8. The number of rotatable bonds is 9. The fourth-order valence-corrected chi connectivity index (χ4v) is 4.39. The van der Waals surface area contributed by atoms with E-state index in [2.05, 4.69) is 26.6 Å². The molecule has 0 saturated carbocycles. The Bertz CT molecular complexity index is 1090. The fraction of sp³-hybridized carbons (Fsp3) is 0.567. The monoisotopic (exact) mass is 571 g/mol. The Kier molecular flexibility index (Phi) is 13.3. The lowest BCUT2D eigenvalue weighted by Gasteiger charge is -2.27. The molecule has 0 aliphatic carbocycles. The number of carbonyl (C=O) groups is 5. The molecule has 0 saturated heterocycles. The van der Waals surface area contributed by atoms with E-state index >= 15 is 0 Å². The van der Waals surface area contributed by atoms with Crippen LogP contribution in [0.15, 0.2) is 36.4 Å². The molecule has 5 N–H and O–H groups in total. The number of esters is 1. The molecule has 0 fully saturated rings. The van der Waals surface area contributed by atoms with Crippen LogP contribution in [0.5, 0.6) is 0 Å². The molecule has 11 heteroatoms. The maximum atomic E-state index is 13.4. The molecule has 41 heavy (non-hydrogen) atoms. The van der Waals surface area contributed by atoms with Crippen molar-refractivity contribution in [2.75, 3.05) is 13.7 Å². The Morgan fingerprint density at radius 1 is 0.976 bits per heavy atom. The largest absolute Gasteiger partial charge is 0.467 e. The molecule has 2 unspecified atom stereocenters. The summed E-state index contributed by atoms with van der Waals surface area (Å²) in [6.07, 6.45) is 5.10. The molecule has 2 rings (SSSR count). The molecule has 1 aliphatic heterocycles. The van der Waals surface area contributed by atoms with Crippen molar-refractivity contribution in [1.82, 2.24) is 26.6 Å². The van der Waals surface area contributed by atoms with Gasteiger partial charge >= 0.3 is 12.0 Å². The standard InChI is InChI=1S/C30H45N5O6/c1-18(2)25(34-30(40)35-26(19(3)4)29(39)41-6)28(38)33-23-9-7-8-16-31-24(36)15-14-22(32-27(23)37)17-21-12-10-20(5)11-13-21/h10-15,18-19,22-23,25-26H,7-9,16-17H2,1-6H3,(H,31,36)(H,32,37)(H,33,38)(H2,34,35,40)/b15-14+/t22-,23+,25?,26?/m1/s1. The predicted octanol–water partition coefficient (Wildman–Crippen LogP) is 1.88. The summed E-state index contributed by atoms with van der Waals surface area (Å²) in [6.45, 7) is 9.52. The normalized spacial score (nSPS) is 20.4. The number of hydrogen-bond donors (Lipinski definition) is 5. The highest BCUT2D eigenvalue weighted by Crippen LogP contribution is 2.11. The van der Waals surface area contributed by atoms with Crippen molar-refractivity contribution in [3.8, 4) is 0 Å². The molecule has 0 aromatic heterocycles. The topological polar surface area (TPSA) is 155 Å². The molecule has 226 valence electrons. The molecule has 1 aliphatic rings. The zero-order valence-electron chi connectivity index (χ0n) is 24.9. The highest BCUT2D eigenvalue weighted by atomic mass is 16.5. The molecule has 1 aromatic carbocycles. The minimum absolute atomic E-state index is 0.227. The smallest absolute Gasteiger partial charge is 0.328 e. The van der Waals surface area contributed by atoms with Crippen LogP contribution in [0.25, 0.3) is 0 Å². The van der Waals surface area contributed by atoms with Crippen molar-refractivity contribution in [3.05, 3.63) is 47.5 Å². The van der Waals surface area contributed by atoms with Gasteiger partial charge in [0.2, 0.25) is 17.7 Å². The van der Waals surface area contributed by atoms with Crippen molar-refractivity contribution < 1.29 is 28.7 Å². The molecule has 5 amide bonds. The number of benzene rings is 1. The first-order chi connectivity index (χ1) is 19.4. The van der Waals surface area contributed by atoms with E-state index in [-0.39, 0.29) is 23.7 Å². The Hall–Kier alpha value is -3.89. The SMILES string of the molecule is COC(=O)C(NC(=O)NC(C(=O)N[C@H]1CCCCNC(=O)/C=C/[C@H](Cc2ccc(C)cc2)NC1=O)C(C)C)C(C)C. The van der Waals surface area contributed by atoms with E-state index in [0.29, 0.717) is 32.2 Å². The lowest BCUT2D eigenvalue weighted by molar-refractivity contribution is -0.144. The van der Waals surface area contributed by atoms with Crippen molar-refractivity contribution >= 4 is 29.7 Å². The van der Waals surface area contributed by atoms with Gasteiger partial charge in [0, 0.05) is 12.6 Å². The number of methoxy groups -OCH3 is 1. The summed E-state index contributed by atoms with van der Waals surface area (Å²) in [5.41, 5.74) is 2.10. The molecular weight excluding hydrogens is 526 g/mol. The third-order valence-electron chi connectivity index (χ3n) is 6.88. The zero-order chi connectivity index (χ0) is 30.5. The van der Waals surface area contributed by atoms with Crippen LogP contribution in [-0.4, -0.2) is 67.5 Å². The van der Waals surface area contributed by atoms with Crippen LogP contribution in [-0.2, 0) is 30.3 Å². The number of aryl methyl sites for hydroxylation is 1. The molecule has 0 bridgehead atoms. The minimum Gasteiger partial charge on any atom is -0.467 e. The third-order valence-corrected chi connectivity index (χ3v) is 6.88. The summed E-state index contributed by atoms with van der Waals surface area (Å²) in [5.74, 6) is -2.24. The van der Waals surface area contributed by atoms with E-state index in [1.165, 1.54) is 13.2 Å². The van der Waals surface area contributed by atoms with Gasteiger partial charge in [0.05, 0.1) is 13.2 Å². The summed E-state index contributed by atoms with van der Waals surface area (Å²) in [7, 11) is 1.24. The molecule has 4 atom stereocenters. The summed E-state index contributed by atoms with van der Waals surface area (Å²) < 4.78 is 4.77. The van der Waals surface area contributed by atoms with Crippen LogP contribution in [0.1, 0.15) is 58.1 Å². The first-order valence-electron chi connectivity index (χ1n) is 14.2. The second-order valence-electron chi connectivity index (χ2n) is 11.1. The highest BCUT2D eigenvalue weighted by Gasteiger charge is 2.31. The maximum absolute atomic E-state index is 13.4. The van der Waals surface area contributed by atoms with Crippen LogP contribution < -0.4 is 26.6 Å². The van der Waals surface area contributed by atoms with E-state index in [0.717, 1.165) is 11.1 Å². The molecule has 0 radical (unpaired) electrons. The molecule has 11 nitrogen and oxygen atoms in total. The number of nitrogens with one attached hydrogen (secondary N) is 5. The van der Waals surface area contributed by atoms with Crippen molar-refractivity contribution in [1.29, 1.82) is 0 Å².